The zero-order valence-electron chi connectivity index (χ0n) is 11.4. The predicted molar refractivity (Wildman–Crippen MR) is 85.5 cm³/mol. The molecule has 2 aliphatic rings. The molecule has 0 radical (unpaired) electrons. The van der Waals surface area contributed by atoms with Gasteiger partial charge in [-0.1, -0.05) is 46.1 Å². The normalized spacial score (nSPS) is 24.8. The van der Waals surface area contributed by atoms with Crippen LogP contribution < -0.4 is 0 Å². The minimum absolute atomic E-state index is 0.168. The highest BCUT2D eigenvalue weighted by molar-refractivity contribution is 9.09. The van der Waals surface area contributed by atoms with Crippen molar-refractivity contribution in [3.8, 4) is 0 Å². The van der Waals surface area contributed by atoms with Crippen LogP contribution in [0.15, 0.2) is 24.3 Å². The molecule has 1 aromatic carbocycles. The van der Waals surface area contributed by atoms with Crippen molar-refractivity contribution in [1.29, 1.82) is 0 Å². The summed E-state index contributed by atoms with van der Waals surface area (Å²) in [4.78, 5) is 14.2. The number of likely N-dealkylation sites (tertiary alicyclic amines) is 1. The Balaban J connectivity index is 1.77. The molecule has 3 rings (SSSR count). The molecule has 1 heterocycles. The third kappa shape index (κ3) is 2.62. The molecule has 1 aromatic rings. The van der Waals surface area contributed by atoms with Gasteiger partial charge in [0.25, 0.3) is 0 Å². The zero-order valence-corrected chi connectivity index (χ0v) is 13.8. The molecular formula is C16H19BrClNO. The summed E-state index contributed by atoms with van der Waals surface area (Å²) in [6, 6.07) is 8.18. The van der Waals surface area contributed by atoms with Gasteiger partial charge >= 0.3 is 0 Å². The van der Waals surface area contributed by atoms with Gasteiger partial charge in [0, 0.05) is 35.3 Å². The van der Waals surface area contributed by atoms with Crippen molar-refractivity contribution >= 4 is 33.4 Å². The number of carbonyl (C=O) groups excluding carboxylic acids is 1. The summed E-state index contributed by atoms with van der Waals surface area (Å²) in [7, 11) is 0. The van der Waals surface area contributed by atoms with Gasteiger partial charge in [-0.15, -0.1) is 0 Å². The zero-order chi connectivity index (χ0) is 14.2. The average Bonchev–Trinajstić information content (AvgIpc) is 2.76. The van der Waals surface area contributed by atoms with Gasteiger partial charge in [-0.05, 0) is 36.5 Å². The van der Waals surface area contributed by atoms with Crippen LogP contribution in [0.5, 0.6) is 0 Å². The van der Waals surface area contributed by atoms with E-state index in [2.05, 4.69) is 33.0 Å². The van der Waals surface area contributed by atoms with E-state index < -0.39 is 0 Å². The van der Waals surface area contributed by atoms with Crippen molar-refractivity contribution < 1.29 is 4.79 Å². The Hall–Kier alpha value is -0.540. The van der Waals surface area contributed by atoms with E-state index in [0.29, 0.717) is 18.2 Å². The lowest BCUT2D eigenvalue weighted by Gasteiger charge is -2.45. The molecule has 0 bridgehead atoms. The Labute approximate surface area is 133 Å². The fourth-order valence-corrected chi connectivity index (χ4v) is 3.98. The quantitative estimate of drug-likeness (QED) is 0.747. The van der Waals surface area contributed by atoms with Crippen LogP contribution in [0.1, 0.15) is 31.2 Å². The van der Waals surface area contributed by atoms with Crippen molar-refractivity contribution in [2.24, 2.45) is 5.92 Å². The molecule has 1 aliphatic carbocycles. The molecule has 0 N–H and O–H groups in total. The van der Waals surface area contributed by atoms with Crippen molar-refractivity contribution in [3.63, 3.8) is 0 Å². The molecule has 0 aromatic heterocycles. The molecule has 1 unspecified atom stereocenters. The lowest BCUT2D eigenvalue weighted by Crippen LogP contribution is -2.46. The number of amides is 1. The van der Waals surface area contributed by atoms with E-state index in [1.807, 2.05) is 12.1 Å². The molecular weight excluding hydrogens is 338 g/mol. The summed E-state index contributed by atoms with van der Waals surface area (Å²) >= 11 is 9.49. The van der Waals surface area contributed by atoms with Crippen molar-refractivity contribution in [3.05, 3.63) is 34.9 Å². The van der Waals surface area contributed by atoms with E-state index in [1.165, 1.54) is 24.8 Å². The highest BCUT2D eigenvalue weighted by atomic mass is 79.9. The summed E-state index contributed by atoms with van der Waals surface area (Å²) in [6.07, 6.45) is 4.31. The minimum Gasteiger partial charge on any atom is -0.341 e. The van der Waals surface area contributed by atoms with E-state index in [1.54, 1.807) is 0 Å². The number of hydrogen-bond donors (Lipinski definition) is 0. The highest BCUT2D eigenvalue weighted by Crippen LogP contribution is 2.45. The first-order valence-corrected chi connectivity index (χ1v) is 8.73. The molecule has 1 atom stereocenters. The molecule has 2 nitrogen and oxygen atoms in total. The largest absolute Gasteiger partial charge is 0.341 e. The second-order valence-corrected chi connectivity index (χ2v) is 7.22. The minimum atomic E-state index is 0.168. The van der Waals surface area contributed by atoms with Crippen LogP contribution in [0.2, 0.25) is 5.02 Å². The van der Waals surface area contributed by atoms with Crippen LogP contribution in [0.4, 0.5) is 0 Å². The summed E-state index contributed by atoms with van der Waals surface area (Å²) in [5, 5.41) is 1.70. The molecule has 1 saturated carbocycles. The number of hydrogen-bond acceptors (Lipinski definition) is 1. The van der Waals surface area contributed by atoms with Gasteiger partial charge in [-0.25, -0.2) is 0 Å². The third-order valence-electron chi connectivity index (χ3n) is 4.77. The molecule has 4 heteroatoms. The number of rotatable bonds is 4. The van der Waals surface area contributed by atoms with Gasteiger partial charge in [0.05, 0.1) is 0 Å². The predicted octanol–water partition coefficient (Wildman–Crippen LogP) is 4.01. The van der Waals surface area contributed by atoms with Crippen LogP contribution in [0.3, 0.4) is 0 Å². The number of nitrogens with zero attached hydrogens (tertiary/aromatic N) is 1. The number of alkyl halides is 1. The maximum Gasteiger partial charge on any atom is 0.222 e. The Morgan fingerprint density at radius 3 is 2.50 bits per heavy atom. The topological polar surface area (TPSA) is 20.3 Å². The summed E-state index contributed by atoms with van der Waals surface area (Å²) in [5.74, 6) is 0.791. The molecule has 1 saturated heterocycles. The van der Waals surface area contributed by atoms with Gasteiger partial charge in [0.2, 0.25) is 5.91 Å². The molecule has 20 heavy (non-hydrogen) atoms. The van der Waals surface area contributed by atoms with E-state index >= 15 is 0 Å². The maximum absolute atomic E-state index is 12.1. The highest BCUT2D eigenvalue weighted by Gasteiger charge is 2.42. The summed E-state index contributed by atoms with van der Waals surface area (Å²) in [5.41, 5.74) is 1.50. The first-order chi connectivity index (χ1) is 9.63. The fraction of sp³-hybridized carbons (Fsp3) is 0.562. The van der Waals surface area contributed by atoms with Crippen LogP contribution in [-0.2, 0) is 10.2 Å². The maximum atomic E-state index is 12.1. The summed E-state index contributed by atoms with van der Waals surface area (Å²) < 4.78 is 0. The molecule has 108 valence electrons. The van der Waals surface area contributed by atoms with E-state index in [0.717, 1.165) is 23.4 Å². The van der Waals surface area contributed by atoms with Crippen LogP contribution >= 0.6 is 27.5 Å². The van der Waals surface area contributed by atoms with Gasteiger partial charge in [0.1, 0.15) is 0 Å². The monoisotopic (exact) mass is 355 g/mol. The fourth-order valence-electron chi connectivity index (χ4n) is 3.42. The Bertz CT molecular complexity index is 498. The van der Waals surface area contributed by atoms with Gasteiger partial charge in [-0.2, -0.15) is 0 Å². The second kappa shape index (κ2) is 5.69. The first kappa shape index (κ1) is 14.4. The Morgan fingerprint density at radius 1 is 1.30 bits per heavy atom. The Morgan fingerprint density at radius 2 is 2.00 bits per heavy atom. The van der Waals surface area contributed by atoms with Gasteiger partial charge in [0.15, 0.2) is 0 Å². The molecule has 1 amide bonds. The Kier molecular flexibility index (Phi) is 4.09. The molecule has 0 spiro atoms. The van der Waals surface area contributed by atoms with Crippen LogP contribution in [-0.4, -0.2) is 29.2 Å². The number of benzene rings is 1. The van der Waals surface area contributed by atoms with Crippen molar-refractivity contribution in [1.82, 2.24) is 4.90 Å². The molecule has 2 fully saturated rings. The summed E-state index contributed by atoms with van der Waals surface area (Å²) in [6.45, 7) is 1.77. The van der Waals surface area contributed by atoms with E-state index in [-0.39, 0.29) is 5.41 Å². The third-order valence-corrected chi connectivity index (χ3v) is 5.94. The smallest absolute Gasteiger partial charge is 0.222 e. The van der Waals surface area contributed by atoms with Crippen LogP contribution in [0.25, 0.3) is 0 Å². The first-order valence-electron chi connectivity index (χ1n) is 7.23. The van der Waals surface area contributed by atoms with Crippen LogP contribution in [0, 0.1) is 5.92 Å². The second-order valence-electron chi connectivity index (χ2n) is 6.14. The molecule has 1 aliphatic heterocycles. The lowest BCUT2D eigenvalue weighted by molar-refractivity contribution is -0.129. The SMILES string of the molecule is O=C1CC(CBr)CN1CC1(c2ccc(Cl)cc2)CCC1. The van der Waals surface area contributed by atoms with Crippen molar-refractivity contribution in [2.75, 3.05) is 18.4 Å². The van der Waals surface area contributed by atoms with E-state index in [9.17, 15) is 4.79 Å². The lowest BCUT2D eigenvalue weighted by atomic mass is 9.64. The number of carbonyl (C=O) groups is 1. The average molecular weight is 357 g/mol. The van der Waals surface area contributed by atoms with Gasteiger partial charge in [-0.3, -0.25) is 4.79 Å². The van der Waals surface area contributed by atoms with Gasteiger partial charge < -0.3 is 4.90 Å². The van der Waals surface area contributed by atoms with Crippen molar-refractivity contribution in [2.45, 2.75) is 31.1 Å². The number of halogens is 2. The van der Waals surface area contributed by atoms with E-state index in [4.69, 9.17) is 11.6 Å². The standard InChI is InChI=1S/C16H19BrClNO/c17-9-12-8-15(20)19(10-12)11-16(6-1-7-16)13-2-4-14(18)5-3-13/h2-5,12H,1,6-11H2.